The molecule has 1 aromatic heterocycles. The first kappa shape index (κ1) is 28.7. The number of hydrogen-bond acceptors (Lipinski definition) is 5. The fourth-order valence-corrected chi connectivity index (χ4v) is 5.21. The molecule has 0 spiro atoms. The largest absolute Gasteiger partial charge is 0.493 e. The van der Waals surface area contributed by atoms with E-state index in [0.717, 1.165) is 22.3 Å². The molecule has 4 aromatic rings. The van der Waals surface area contributed by atoms with Crippen molar-refractivity contribution in [2.75, 3.05) is 20.8 Å². The molecule has 8 nitrogen and oxygen atoms in total. The Labute approximate surface area is 234 Å². The van der Waals surface area contributed by atoms with E-state index in [9.17, 15) is 14.4 Å². The highest BCUT2D eigenvalue weighted by atomic mass is 16.5. The van der Waals surface area contributed by atoms with Gasteiger partial charge >= 0.3 is 5.69 Å². The van der Waals surface area contributed by atoms with Crippen LogP contribution in [-0.2, 0) is 24.3 Å². The average Bonchev–Trinajstić information content (AvgIpc) is 2.93. The van der Waals surface area contributed by atoms with Crippen LogP contribution >= 0.6 is 0 Å². The molecule has 1 heterocycles. The molecule has 1 N–H and O–H groups in total. The molecular formula is C32H37N3O5. The molecule has 3 aromatic carbocycles. The van der Waals surface area contributed by atoms with Gasteiger partial charge in [-0.05, 0) is 80.1 Å². The minimum Gasteiger partial charge on any atom is -0.493 e. The molecule has 0 radical (unpaired) electrons. The molecule has 0 saturated heterocycles. The van der Waals surface area contributed by atoms with Gasteiger partial charge in [-0.1, -0.05) is 35.9 Å². The number of amides is 1. The Morgan fingerprint density at radius 1 is 0.875 bits per heavy atom. The van der Waals surface area contributed by atoms with Crippen LogP contribution in [0.1, 0.15) is 40.7 Å². The van der Waals surface area contributed by atoms with Gasteiger partial charge in [0.15, 0.2) is 11.5 Å². The smallest absolute Gasteiger partial charge is 0.331 e. The first-order valence-corrected chi connectivity index (χ1v) is 13.5. The zero-order valence-corrected chi connectivity index (χ0v) is 23.9. The zero-order valence-electron chi connectivity index (χ0n) is 23.9. The number of carbonyl (C=O) groups is 1. The van der Waals surface area contributed by atoms with Crippen LogP contribution in [0, 0.1) is 20.8 Å². The Balaban J connectivity index is 1.45. The SMILES string of the molecule is COc1ccc(CCNC(=O)CCCn2c(=O)c3ccccc3n(Cc3c(C)cc(C)cc3C)c2=O)cc1OC. The Hall–Kier alpha value is -4.33. The van der Waals surface area contributed by atoms with Gasteiger partial charge in [-0.2, -0.15) is 0 Å². The molecule has 0 unspecified atom stereocenters. The van der Waals surface area contributed by atoms with Crippen LogP contribution in [0.5, 0.6) is 11.5 Å². The number of benzene rings is 3. The molecule has 1 amide bonds. The summed E-state index contributed by atoms with van der Waals surface area (Å²) < 4.78 is 13.5. The molecule has 0 aliphatic rings. The van der Waals surface area contributed by atoms with Crippen LogP contribution in [0.4, 0.5) is 0 Å². The number of carbonyl (C=O) groups excluding carboxylic acids is 1. The zero-order chi connectivity index (χ0) is 28.8. The number of aryl methyl sites for hydroxylation is 3. The Morgan fingerprint density at radius 3 is 2.27 bits per heavy atom. The van der Waals surface area contributed by atoms with Crippen molar-refractivity contribution >= 4 is 16.8 Å². The van der Waals surface area contributed by atoms with Crippen molar-refractivity contribution < 1.29 is 14.3 Å². The van der Waals surface area contributed by atoms with E-state index in [2.05, 4.69) is 24.4 Å². The van der Waals surface area contributed by atoms with Gasteiger partial charge in [-0.25, -0.2) is 4.79 Å². The normalized spacial score (nSPS) is 11.0. The lowest BCUT2D eigenvalue weighted by Crippen LogP contribution is -2.40. The predicted octanol–water partition coefficient (Wildman–Crippen LogP) is 4.29. The molecular weight excluding hydrogens is 506 g/mol. The lowest BCUT2D eigenvalue weighted by molar-refractivity contribution is -0.121. The highest BCUT2D eigenvalue weighted by Crippen LogP contribution is 2.27. The van der Waals surface area contributed by atoms with E-state index in [-0.39, 0.29) is 30.1 Å². The molecule has 40 heavy (non-hydrogen) atoms. The van der Waals surface area contributed by atoms with Gasteiger partial charge in [0.25, 0.3) is 5.56 Å². The maximum absolute atomic E-state index is 13.6. The molecule has 8 heteroatoms. The quantitative estimate of drug-likeness (QED) is 0.305. The standard InChI is InChI=1S/C32H37N3O5/c1-21-17-22(2)26(23(3)18-21)20-35-27-10-7-6-9-25(27)31(37)34(32(35)38)16-8-11-30(36)33-15-14-24-12-13-28(39-4)29(19-24)40-5/h6-7,9-10,12-13,17-19H,8,11,14-16,20H2,1-5H3,(H,33,36). The van der Waals surface area contributed by atoms with Crippen molar-refractivity contribution in [3.8, 4) is 11.5 Å². The fourth-order valence-electron chi connectivity index (χ4n) is 5.21. The highest BCUT2D eigenvalue weighted by molar-refractivity contribution is 5.78. The van der Waals surface area contributed by atoms with E-state index in [1.807, 2.05) is 44.2 Å². The van der Waals surface area contributed by atoms with Crippen molar-refractivity contribution in [3.63, 3.8) is 0 Å². The van der Waals surface area contributed by atoms with Crippen molar-refractivity contribution in [1.82, 2.24) is 14.5 Å². The summed E-state index contributed by atoms with van der Waals surface area (Å²) in [6, 6.07) is 17.1. The molecule has 0 aliphatic carbocycles. The minimum absolute atomic E-state index is 0.124. The van der Waals surface area contributed by atoms with Crippen molar-refractivity contribution in [3.05, 3.63) is 103 Å². The van der Waals surface area contributed by atoms with Crippen molar-refractivity contribution in [2.24, 2.45) is 0 Å². The van der Waals surface area contributed by atoms with Crippen LogP contribution in [0.15, 0.2) is 64.2 Å². The van der Waals surface area contributed by atoms with E-state index in [1.165, 1.54) is 10.1 Å². The molecule has 0 aliphatic heterocycles. The van der Waals surface area contributed by atoms with Gasteiger partial charge in [0.05, 0.1) is 31.7 Å². The van der Waals surface area contributed by atoms with Crippen molar-refractivity contribution in [2.45, 2.75) is 53.1 Å². The number of ether oxygens (including phenoxy) is 2. The monoisotopic (exact) mass is 543 g/mol. The second-order valence-corrected chi connectivity index (χ2v) is 10.1. The third kappa shape index (κ3) is 6.28. The van der Waals surface area contributed by atoms with Gasteiger partial charge in [0, 0.05) is 19.5 Å². The maximum atomic E-state index is 13.6. The second-order valence-electron chi connectivity index (χ2n) is 10.1. The van der Waals surface area contributed by atoms with Gasteiger partial charge in [0.1, 0.15) is 0 Å². The fraction of sp³-hybridized carbons (Fsp3) is 0.344. The number of fused-ring (bicyclic) bond motifs is 1. The summed E-state index contributed by atoms with van der Waals surface area (Å²) in [5.74, 6) is 1.17. The third-order valence-corrected chi connectivity index (χ3v) is 7.26. The summed E-state index contributed by atoms with van der Waals surface area (Å²) in [7, 11) is 3.18. The van der Waals surface area contributed by atoms with E-state index >= 15 is 0 Å². The van der Waals surface area contributed by atoms with Crippen LogP contribution in [0.25, 0.3) is 10.9 Å². The van der Waals surface area contributed by atoms with Gasteiger partial charge in [-0.15, -0.1) is 0 Å². The van der Waals surface area contributed by atoms with Crippen LogP contribution in [0.3, 0.4) is 0 Å². The van der Waals surface area contributed by atoms with Gasteiger partial charge < -0.3 is 14.8 Å². The maximum Gasteiger partial charge on any atom is 0.331 e. The number of rotatable bonds is 11. The summed E-state index contributed by atoms with van der Waals surface area (Å²) in [5.41, 5.74) is 5.38. The first-order chi connectivity index (χ1) is 19.2. The Bertz CT molecular complexity index is 1630. The van der Waals surface area contributed by atoms with E-state index < -0.39 is 0 Å². The number of hydrogen-bond donors (Lipinski definition) is 1. The average molecular weight is 544 g/mol. The topological polar surface area (TPSA) is 91.6 Å². The van der Waals surface area contributed by atoms with Gasteiger partial charge in [0.2, 0.25) is 5.91 Å². The van der Waals surface area contributed by atoms with E-state index in [4.69, 9.17) is 9.47 Å². The van der Waals surface area contributed by atoms with Crippen LogP contribution in [-0.4, -0.2) is 35.8 Å². The van der Waals surface area contributed by atoms with Gasteiger partial charge in [-0.3, -0.25) is 18.7 Å². The second kappa shape index (κ2) is 12.7. The Morgan fingerprint density at radius 2 is 1.57 bits per heavy atom. The predicted molar refractivity (Wildman–Crippen MR) is 158 cm³/mol. The molecule has 210 valence electrons. The molecule has 4 rings (SSSR count). The number of methoxy groups -OCH3 is 2. The first-order valence-electron chi connectivity index (χ1n) is 13.5. The molecule has 0 bridgehead atoms. The summed E-state index contributed by atoms with van der Waals surface area (Å²) in [5, 5.41) is 3.41. The summed E-state index contributed by atoms with van der Waals surface area (Å²) >= 11 is 0. The number of aromatic nitrogens is 2. The lowest BCUT2D eigenvalue weighted by atomic mass is 9.99. The van der Waals surface area contributed by atoms with E-state index in [0.29, 0.717) is 48.3 Å². The van der Waals surface area contributed by atoms with Crippen molar-refractivity contribution in [1.29, 1.82) is 0 Å². The number of nitrogens with zero attached hydrogens (tertiary/aromatic N) is 2. The van der Waals surface area contributed by atoms with Crippen LogP contribution < -0.4 is 26.0 Å². The molecule has 0 saturated carbocycles. The summed E-state index contributed by atoms with van der Waals surface area (Å²) in [6.45, 7) is 7.14. The Kier molecular flexibility index (Phi) is 9.09. The van der Waals surface area contributed by atoms with E-state index in [1.54, 1.807) is 30.9 Å². The number of nitrogens with one attached hydrogen (secondary N) is 1. The molecule has 0 atom stereocenters. The minimum atomic E-state index is -0.364. The highest BCUT2D eigenvalue weighted by Gasteiger charge is 2.15. The third-order valence-electron chi connectivity index (χ3n) is 7.26. The summed E-state index contributed by atoms with van der Waals surface area (Å²) in [4.78, 5) is 39.4. The number of para-hydroxylation sites is 1. The van der Waals surface area contributed by atoms with Crippen LogP contribution in [0.2, 0.25) is 0 Å². The summed E-state index contributed by atoms with van der Waals surface area (Å²) in [6.07, 6.45) is 1.22. The molecule has 0 fully saturated rings. The lowest BCUT2D eigenvalue weighted by Gasteiger charge is -2.17.